The Morgan fingerprint density at radius 3 is 2.00 bits per heavy atom. The number of hydrogen-bond donors (Lipinski definition) is 1. The summed E-state index contributed by atoms with van der Waals surface area (Å²) in [5, 5.41) is 14.2. The molecule has 1 atom stereocenters. The molecular weight excluding hydrogens is 215 g/mol. The van der Waals surface area contributed by atoms with Crippen LogP contribution in [0, 0.1) is 0 Å². The van der Waals surface area contributed by atoms with Crippen LogP contribution >= 0.6 is 9.90 Å². The summed E-state index contributed by atoms with van der Waals surface area (Å²) in [6.45, 7) is 0. The van der Waals surface area contributed by atoms with Gasteiger partial charge < -0.3 is 5.11 Å². The fourth-order valence-corrected chi connectivity index (χ4v) is 2.03. The maximum Gasteiger partial charge on any atom is 0.124 e. The van der Waals surface area contributed by atoms with E-state index in [9.17, 15) is 5.11 Å². The number of phenolic OH excluding ortho intramolecular Hbond substituents is 1. The van der Waals surface area contributed by atoms with Crippen molar-refractivity contribution in [1.82, 2.24) is 0 Å². The normalized spacial score (nSPS) is 10.2. The van der Waals surface area contributed by atoms with E-state index in [2.05, 4.69) is 6.07 Å². The van der Waals surface area contributed by atoms with Crippen molar-refractivity contribution < 1.29 is 5.11 Å². The van der Waals surface area contributed by atoms with E-state index in [1.807, 2.05) is 48.5 Å². The third-order valence-electron chi connectivity index (χ3n) is 2.75. The molecule has 0 heterocycles. The van der Waals surface area contributed by atoms with E-state index in [1.165, 1.54) is 5.39 Å². The Balaban J connectivity index is 0.000000963. The molecule has 0 aliphatic heterocycles. The first-order chi connectivity index (χ1) is 7.36. The monoisotopic (exact) mass is 228 g/mol. The van der Waals surface area contributed by atoms with Crippen molar-refractivity contribution in [2.45, 2.75) is 0 Å². The first-order valence-corrected chi connectivity index (χ1v) is 4.96. The first kappa shape index (κ1) is 10.9. The van der Waals surface area contributed by atoms with Crippen LogP contribution in [-0.2, 0) is 0 Å². The minimum absolute atomic E-state index is 0. The zero-order valence-corrected chi connectivity index (χ0v) is 10.3. The molecule has 0 amide bonds. The largest absolute Gasteiger partial charge is 0.507 e. The first-order valence-electron chi connectivity index (χ1n) is 4.96. The van der Waals surface area contributed by atoms with Gasteiger partial charge in [-0.15, -0.1) is 0 Å². The van der Waals surface area contributed by atoms with Crippen LogP contribution in [0.4, 0.5) is 0 Å². The van der Waals surface area contributed by atoms with Gasteiger partial charge in [0.15, 0.2) is 0 Å². The maximum absolute atomic E-state index is 9.87. The highest BCUT2D eigenvalue weighted by Gasteiger charge is 2.03. The van der Waals surface area contributed by atoms with Crippen molar-refractivity contribution in [1.29, 1.82) is 0 Å². The van der Waals surface area contributed by atoms with Crippen molar-refractivity contribution in [3.8, 4) is 5.75 Å². The molecule has 3 rings (SSSR count). The number of aromatic hydroxyl groups is 1. The van der Waals surface area contributed by atoms with Gasteiger partial charge in [-0.25, -0.2) is 0 Å². The van der Waals surface area contributed by atoms with Gasteiger partial charge in [-0.3, -0.25) is 0 Å². The van der Waals surface area contributed by atoms with Gasteiger partial charge in [-0.1, -0.05) is 48.5 Å². The summed E-state index contributed by atoms with van der Waals surface area (Å²) in [4.78, 5) is 0. The smallest absolute Gasteiger partial charge is 0.124 e. The lowest BCUT2D eigenvalue weighted by molar-refractivity contribution is 0.482. The fraction of sp³-hybridized carbons (Fsp3) is 0. The number of phenols is 1. The fourth-order valence-electron chi connectivity index (χ4n) is 2.03. The van der Waals surface area contributed by atoms with Crippen molar-refractivity contribution in [3.63, 3.8) is 0 Å². The average molecular weight is 228 g/mol. The van der Waals surface area contributed by atoms with Crippen molar-refractivity contribution in [2.24, 2.45) is 0 Å². The van der Waals surface area contributed by atoms with Crippen LogP contribution in [0.25, 0.3) is 21.5 Å². The number of rotatable bonds is 0. The summed E-state index contributed by atoms with van der Waals surface area (Å²) < 4.78 is 0. The highest BCUT2D eigenvalue weighted by molar-refractivity contribution is 6.92. The second-order valence-corrected chi connectivity index (χ2v) is 3.66. The van der Waals surface area contributed by atoms with Gasteiger partial charge in [-0.05, 0) is 22.2 Å². The lowest BCUT2D eigenvalue weighted by Gasteiger charge is -2.05. The van der Waals surface area contributed by atoms with Gasteiger partial charge in [0.1, 0.15) is 5.75 Å². The predicted octanol–water partition coefficient (Wildman–Crippen LogP) is 3.76. The molecule has 2 heteroatoms. The molecule has 0 aliphatic carbocycles. The molecule has 0 bridgehead atoms. The molecule has 0 saturated heterocycles. The quantitative estimate of drug-likeness (QED) is 0.459. The number of fused-ring (bicyclic) bond motifs is 3. The molecule has 3 aromatic carbocycles. The number of benzene rings is 3. The summed E-state index contributed by atoms with van der Waals surface area (Å²) in [7, 11) is 0. The van der Waals surface area contributed by atoms with Crippen molar-refractivity contribution >= 4 is 31.4 Å². The van der Waals surface area contributed by atoms with Gasteiger partial charge in [0.05, 0.1) is 0 Å². The molecule has 1 nitrogen and oxygen atoms in total. The van der Waals surface area contributed by atoms with Gasteiger partial charge in [0.2, 0.25) is 0 Å². The van der Waals surface area contributed by atoms with E-state index >= 15 is 0 Å². The second kappa shape index (κ2) is 4.11. The molecule has 80 valence electrons. The van der Waals surface area contributed by atoms with Crippen LogP contribution in [0.2, 0.25) is 0 Å². The van der Waals surface area contributed by atoms with E-state index in [0.29, 0.717) is 5.75 Å². The SMILES string of the molecule is Oc1cc2ccccc2c2ccccc12.P. The highest BCUT2D eigenvalue weighted by atomic mass is 31.0. The van der Waals surface area contributed by atoms with Crippen LogP contribution < -0.4 is 0 Å². The van der Waals surface area contributed by atoms with Crippen LogP contribution in [0.15, 0.2) is 54.6 Å². The van der Waals surface area contributed by atoms with Crippen LogP contribution in [0.5, 0.6) is 5.75 Å². The zero-order valence-electron chi connectivity index (χ0n) is 8.85. The average Bonchev–Trinajstić information content (AvgIpc) is 2.30. The van der Waals surface area contributed by atoms with E-state index in [1.54, 1.807) is 0 Å². The predicted molar refractivity (Wildman–Crippen MR) is 74.2 cm³/mol. The molecule has 0 fully saturated rings. The molecule has 0 radical (unpaired) electrons. The summed E-state index contributed by atoms with van der Waals surface area (Å²) >= 11 is 0. The topological polar surface area (TPSA) is 20.2 Å². The molecule has 3 aromatic rings. The lowest BCUT2D eigenvalue weighted by atomic mass is 10.0. The van der Waals surface area contributed by atoms with Crippen LogP contribution in [-0.4, -0.2) is 5.11 Å². The third kappa shape index (κ3) is 1.54. The van der Waals surface area contributed by atoms with E-state index in [-0.39, 0.29) is 9.90 Å². The third-order valence-corrected chi connectivity index (χ3v) is 2.75. The van der Waals surface area contributed by atoms with Crippen molar-refractivity contribution in [3.05, 3.63) is 54.6 Å². The van der Waals surface area contributed by atoms with Gasteiger partial charge in [-0.2, -0.15) is 9.90 Å². The van der Waals surface area contributed by atoms with Gasteiger partial charge in [0, 0.05) is 5.39 Å². The van der Waals surface area contributed by atoms with Crippen LogP contribution in [0.1, 0.15) is 0 Å². The molecule has 0 saturated carbocycles. The Labute approximate surface area is 97.3 Å². The minimum Gasteiger partial charge on any atom is -0.507 e. The Bertz CT molecular complexity index is 646. The maximum atomic E-state index is 9.87. The molecular formula is C14H13OP. The Kier molecular flexibility index (Phi) is 2.80. The second-order valence-electron chi connectivity index (χ2n) is 3.66. The number of hydrogen-bond acceptors (Lipinski definition) is 1. The summed E-state index contributed by atoms with van der Waals surface area (Å²) in [6, 6.07) is 17.8. The van der Waals surface area contributed by atoms with Gasteiger partial charge in [0.25, 0.3) is 0 Å². The molecule has 0 aromatic heterocycles. The Hall–Kier alpha value is -1.59. The van der Waals surface area contributed by atoms with E-state index < -0.39 is 0 Å². The summed E-state index contributed by atoms with van der Waals surface area (Å²) in [5.41, 5.74) is 0. The lowest BCUT2D eigenvalue weighted by Crippen LogP contribution is -1.77. The van der Waals surface area contributed by atoms with Crippen molar-refractivity contribution in [2.75, 3.05) is 0 Å². The standard InChI is InChI=1S/C14H10O.H3P/c15-14-9-10-5-1-2-6-11(10)12-7-3-4-8-13(12)14;/h1-9,15H;1H3. The minimum atomic E-state index is 0. The molecule has 1 unspecified atom stereocenters. The zero-order chi connectivity index (χ0) is 10.3. The van der Waals surface area contributed by atoms with Crippen LogP contribution in [0.3, 0.4) is 0 Å². The van der Waals surface area contributed by atoms with E-state index in [4.69, 9.17) is 0 Å². The van der Waals surface area contributed by atoms with E-state index in [0.717, 1.165) is 16.2 Å². The molecule has 1 N–H and O–H groups in total. The summed E-state index contributed by atoms with van der Waals surface area (Å²) in [5.74, 6) is 0.351. The van der Waals surface area contributed by atoms with Gasteiger partial charge >= 0.3 is 0 Å². The molecule has 0 aliphatic rings. The Morgan fingerprint density at radius 1 is 0.688 bits per heavy atom. The molecule has 0 spiro atoms. The highest BCUT2D eigenvalue weighted by Crippen LogP contribution is 2.32. The Morgan fingerprint density at radius 2 is 1.25 bits per heavy atom. The molecule has 16 heavy (non-hydrogen) atoms. The summed E-state index contributed by atoms with van der Waals surface area (Å²) in [6.07, 6.45) is 0.